The normalized spacial score (nSPS) is 27.0. The van der Waals surface area contributed by atoms with Crippen LogP contribution in [0.15, 0.2) is 18.2 Å². The van der Waals surface area contributed by atoms with Crippen molar-refractivity contribution in [2.24, 2.45) is 29.4 Å². The first kappa shape index (κ1) is 15.6. The summed E-state index contributed by atoms with van der Waals surface area (Å²) in [6, 6.07) is 6.68. The van der Waals surface area contributed by atoms with Crippen molar-refractivity contribution in [2.75, 3.05) is 6.54 Å². The third-order valence-electron chi connectivity index (χ3n) is 5.54. The summed E-state index contributed by atoms with van der Waals surface area (Å²) >= 11 is 0. The molecule has 20 heavy (non-hydrogen) atoms. The van der Waals surface area contributed by atoms with Gasteiger partial charge >= 0.3 is 0 Å². The molecule has 2 rings (SSSR count). The predicted molar refractivity (Wildman–Crippen MR) is 87.8 cm³/mol. The van der Waals surface area contributed by atoms with Crippen molar-refractivity contribution in [2.45, 2.75) is 53.4 Å². The molecule has 1 saturated carbocycles. The zero-order valence-corrected chi connectivity index (χ0v) is 13.7. The molecule has 0 heterocycles. The fourth-order valence-electron chi connectivity index (χ4n) is 3.96. The van der Waals surface area contributed by atoms with Gasteiger partial charge in [0, 0.05) is 0 Å². The van der Waals surface area contributed by atoms with E-state index in [1.807, 2.05) is 0 Å². The first-order chi connectivity index (χ1) is 9.52. The highest BCUT2D eigenvalue weighted by atomic mass is 14.6. The number of rotatable bonds is 4. The summed E-state index contributed by atoms with van der Waals surface area (Å²) in [6.45, 7) is 10.1. The van der Waals surface area contributed by atoms with Crippen molar-refractivity contribution >= 4 is 0 Å². The summed E-state index contributed by atoms with van der Waals surface area (Å²) in [4.78, 5) is 0. The smallest absolute Gasteiger partial charge is 0.00461 e. The van der Waals surface area contributed by atoms with Crippen molar-refractivity contribution in [1.82, 2.24) is 0 Å². The van der Waals surface area contributed by atoms with E-state index in [2.05, 4.69) is 45.9 Å². The monoisotopic (exact) mass is 273 g/mol. The third kappa shape index (κ3) is 3.44. The van der Waals surface area contributed by atoms with E-state index >= 15 is 0 Å². The molecule has 1 aliphatic carbocycles. The lowest BCUT2D eigenvalue weighted by atomic mass is 9.68. The number of hydrogen-bond donors (Lipinski definition) is 1. The van der Waals surface area contributed by atoms with E-state index < -0.39 is 0 Å². The van der Waals surface area contributed by atoms with E-state index in [4.69, 9.17) is 5.73 Å². The molecular formula is C19H31N. The van der Waals surface area contributed by atoms with Gasteiger partial charge in [-0.2, -0.15) is 0 Å². The summed E-state index contributed by atoms with van der Waals surface area (Å²) in [5.74, 6) is 3.21. The molecule has 0 aliphatic heterocycles. The van der Waals surface area contributed by atoms with Crippen LogP contribution in [0.25, 0.3) is 0 Å². The lowest BCUT2D eigenvalue weighted by Crippen LogP contribution is -2.33. The zero-order valence-electron chi connectivity index (χ0n) is 13.7. The molecule has 1 fully saturated rings. The molecule has 112 valence electrons. The van der Waals surface area contributed by atoms with Gasteiger partial charge in [0.05, 0.1) is 0 Å². The second-order valence-electron chi connectivity index (χ2n) is 7.15. The minimum absolute atomic E-state index is 0.726. The quantitative estimate of drug-likeness (QED) is 0.859. The maximum Gasteiger partial charge on any atom is -0.00461 e. The number of hydrogen-bond acceptors (Lipinski definition) is 1. The van der Waals surface area contributed by atoms with Crippen molar-refractivity contribution in [3.8, 4) is 0 Å². The van der Waals surface area contributed by atoms with Gasteiger partial charge in [0.25, 0.3) is 0 Å². The Morgan fingerprint density at radius 3 is 2.30 bits per heavy atom. The summed E-state index contributed by atoms with van der Waals surface area (Å²) in [7, 11) is 0. The fraction of sp³-hybridized carbons (Fsp3) is 0.684. The maximum absolute atomic E-state index is 6.04. The standard InChI is InChI=1S/C19H31N/c1-13(2)16-8-9-17(12-20)18(10-16)11-19-14(3)6-5-7-15(19)4/h5-7,13,16-18H,8-12,20H2,1-4H3. The first-order valence-corrected chi connectivity index (χ1v) is 8.28. The summed E-state index contributed by atoms with van der Waals surface area (Å²) < 4.78 is 0. The topological polar surface area (TPSA) is 26.0 Å². The van der Waals surface area contributed by atoms with Gasteiger partial charge in [0.15, 0.2) is 0 Å². The van der Waals surface area contributed by atoms with Crippen molar-refractivity contribution in [1.29, 1.82) is 0 Å². The van der Waals surface area contributed by atoms with E-state index in [-0.39, 0.29) is 0 Å². The Hall–Kier alpha value is -0.820. The van der Waals surface area contributed by atoms with Crippen molar-refractivity contribution < 1.29 is 0 Å². The molecule has 1 aromatic carbocycles. The molecule has 0 spiro atoms. The van der Waals surface area contributed by atoms with E-state index in [0.717, 1.165) is 30.2 Å². The molecule has 0 saturated heterocycles. The Morgan fingerprint density at radius 1 is 1.10 bits per heavy atom. The number of benzene rings is 1. The second kappa shape index (κ2) is 6.76. The largest absolute Gasteiger partial charge is 0.330 e. The van der Waals surface area contributed by atoms with Gasteiger partial charge in [0.1, 0.15) is 0 Å². The number of nitrogens with two attached hydrogens (primary N) is 1. The molecule has 1 nitrogen and oxygen atoms in total. The van der Waals surface area contributed by atoms with Gasteiger partial charge in [-0.25, -0.2) is 0 Å². The Morgan fingerprint density at radius 2 is 1.75 bits per heavy atom. The van der Waals surface area contributed by atoms with Gasteiger partial charge in [-0.3, -0.25) is 0 Å². The van der Waals surface area contributed by atoms with Crippen LogP contribution in [0.3, 0.4) is 0 Å². The summed E-state index contributed by atoms with van der Waals surface area (Å²) in [5, 5.41) is 0. The molecule has 0 bridgehead atoms. The Bertz CT molecular complexity index is 415. The van der Waals surface area contributed by atoms with E-state index in [1.165, 1.54) is 36.8 Å². The van der Waals surface area contributed by atoms with Crippen LogP contribution in [0.4, 0.5) is 0 Å². The predicted octanol–water partition coefficient (Wildman–Crippen LogP) is 4.49. The Balaban J connectivity index is 2.15. The minimum Gasteiger partial charge on any atom is -0.330 e. The van der Waals surface area contributed by atoms with Gasteiger partial charge in [-0.1, -0.05) is 32.0 Å². The van der Waals surface area contributed by atoms with Gasteiger partial charge < -0.3 is 5.73 Å². The zero-order chi connectivity index (χ0) is 14.7. The fourth-order valence-corrected chi connectivity index (χ4v) is 3.96. The lowest BCUT2D eigenvalue weighted by Gasteiger charge is -2.38. The Kier molecular flexibility index (Phi) is 5.26. The summed E-state index contributed by atoms with van der Waals surface area (Å²) in [6.07, 6.45) is 5.30. The molecule has 0 amide bonds. The second-order valence-corrected chi connectivity index (χ2v) is 7.15. The average molecular weight is 273 g/mol. The third-order valence-corrected chi connectivity index (χ3v) is 5.54. The highest BCUT2D eigenvalue weighted by molar-refractivity contribution is 5.33. The van der Waals surface area contributed by atoms with Gasteiger partial charge in [-0.15, -0.1) is 0 Å². The molecular weight excluding hydrogens is 242 g/mol. The molecule has 2 N–H and O–H groups in total. The van der Waals surface area contributed by atoms with Crippen LogP contribution in [0, 0.1) is 37.5 Å². The van der Waals surface area contributed by atoms with Crippen LogP contribution in [-0.2, 0) is 6.42 Å². The molecule has 0 aromatic heterocycles. The highest BCUT2D eigenvalue weighted by Crippen LogP contribution is 2.39. The first-order valence-electron chi connectivity index (χ1n) is 8.28. The Labute approximate surface area is 125 Å². The molecule has 3 unspecified atom stereocenters. The highest BCUT2D eigenvalue weighted by Gasteiger charge is 2.31. The van der Waals surface area contributed by atoms with Crippen LogP contribution in [0.2, 0.25) is 0 Å². The SMILES string of the molecule is Cc1cccc(C)c1CC1CC(C(C)C)CCC1CN. The molecule has 1 heteroatoms. The van der Waals surface area contributed by atoms with Crippen LogP contribution in [0.5, 0.6) is 0 Å². The lowest BCUT2D eigenvalue weighted by molar-refractivity contribution is 0.151. The molecule has 1 aromatic rings. The number of aryl methyl sites for hydroxylation is 2. The van der Waals surface area contributed by atoms with Gasteiger partial charge in [-0.05, 0) is 86.4 Å². The van der Waals surface area contributed by atoms with Crippen molar-refractivity contribution in [3.05, 3.63) is 34.9 Å². The molecule has 1 aliphatic rings. The van der Waals surface area contributed by atoms with E-state index in [9.17, 15) is 0 Å². The maximum atomic E-state index is 6.04. The van der Waals surface area contributed by atoms with Crippen LogP contribution in [-0.4, -0.2) is 6.54 Å². The summed E-state index contributed by atoms with van der Waals surface area (Å²) in [5.41, 5.74) is 10.5. The van der Waals surface area contributed by atoms with Crippen LogP contribution >= 0.6 is 0 Å². The van der Waals surface area contributed by atoms with E-state index in [0.29, 0.717) is 0 Å². The van der Waals surface area contributed by atoms with Gasteiger partial charge in [0.2, 0.25) is 0 Å². The van der Waals surface area contributed by atoms with Crippen molar-refractivity contribution in [3.63, 3.8) is 0 Å². The average Bonchev–Trinajstić information content (AvgIpc) is 2.42. The van der Waals surface area contributed by atoms with E-state index in [1.54, 1.807) is 5.56 Å². The van der Waals surface area contributed by atoms with Crippen LogP contribution in [0.1, 0.15) is 49.8 Å². The van der Waals surface area contributed by atoms with Crippen LogP contribution < -0.4 is 5.73 Å². The molecule has 3 atom stereocenters. The minimum atomic E-state index is 0.726. The molecule has 0 radical (unpaired) electrons.